The van der Waals surface area contributed by atoms with Gasteiger partial charge in [-0.25, -0.2) is 4.39 Å². The molecule has 0 unspecified atom stereocenters. The van der Waals surface area contributed by atoms with Crippen LogP contribution in [0.2, 0.25) is 0 Å². The molecule has 1 aromatic carbocycles. The van der Waals surface area contributed by atoms with Crippen molar-refractivity contribution in [2.45, 2.75) is 18.7 Å². The molecule has 74 valence electrons. The fraction of sp³-hybridized carbons (Fsp3) is 0.273. The van der Waals surface area contributed by atoms with Gasteiger partial charge in [-0.1, -0.05) is 17.8 Å². The van der Waals surface area contributed by atoms with Crippen molar-refractivity contribution in [1.29, 1.82) is 0 Å². The summed E-state index contributed by atoms with van der Waals surface area (Å²) in [5, 5.41) is 1.13. The quantitative estimate of drug-likeness (QED) is 0.642. The second-order valence-electron chi connectivity index (χ2n) is 3.55. The van der Waals surface area contributed by atoms with Crippen LogP contribution in [0, 0.1) is 5.82 Å². The van der Waals surface area contributed by atoms with E-state index in [0.717, 1.165) is 9.92 Å². The molecular formula is C11H12FNS. The van der Waals surface area contributed by atoms with Gasteiger partial charge in [-0.2, -0.15) is 0 Å². The van der Waals surface area contributed by atoms with Crippen LogP contribution in [0.1, 0.15) is 13.8 Å². The van der Waals surface area contributed by atoms with Crippen molar-refractivity contribution in [2.24, 2.45) is 0 Å². The molecule has 0 fully saturated rings. The molecule has 0 spiro atoms. The Labute approximate surface area is 87.6 Å². The van der Waals surface area contributed by atoms with Crippen molar-refractivity contribution in [3.63, 3.8) is 0 Å². The van der Waals surface area contributed by atoms with Crippen LogP contribution in [0.15, 0.2) is 33.7 Å². The van der Waals surface area contributed by atoms with E-state index in [-0.39, 0.29) is 5.82 Å². The number of benzene rings is 1. The van der Waals surface area contributed by atoms with Crippen molar-refractivity contribution in [3.8, 4) is 0 Å². The zero-order valence-corrected chi connectivity index (χ0v) is 9.28. The fourth-order valence-electron chi connectivity index (χ4n) is 1.62. The molecule has 0 N–H and O–H groups in total. The van der Waals surface area contributed by atoms with Gasteiger partial charge in [0.05, 0.1) is 10.7 Å². The van der Waals surface area contributed by atoms with Crippen molar-refractivity contribution >= 4 is 17.4 Å². The molecule has 1 heterocycles. The zero-order chi connectivity index (χ0) is 10.3. The number of fused-ring (bicyclic) bond motifs is 1. The van der Waals surface area contributed by atoms with Crippen LogP contribution < -0.4 is 4.90 Å². The van der Waals surface area contributed by atoms with Gasteiger partial charge in [0, 0.05) is 11.9 Å². The molecule has 1 aliphatic heterocycles. The number of nitrogens with zero attached hydrogens (tertiary/aromatic N) is 1. The highest BCUT2D eigenvalue weighted by Gasteiger charge is 2.25. The molecule has 0 bridgehead atoms. The number of hydrogen-bond donors (Lipinski definition) is 0. The zero-order valence-electron chi connectivity index (χ0n) is 8.47. The van der Waals surface area contributed by atoms with Crippen LogP contribution in [0.5, 0.6) is 0 Å². The maximum atomic E-state index is 13.5. The molecule has 0 aromatic heterocycles. The van der Waals surface area contributed by atoms with E-state index in [1.54, 1.807) is 17.8 Å². The van der Waals surface area contributed by atoms with E-state index in [1.165, 1.54) is 11.6 Å². The third-order valence-electron chi connectivity index (χ3n) is 2.22. The molecule has 0 saturated carbocycles. The maximum Gasteiger partial charge on any atom is 0.148 e. The monoisotopic (exact) mass is 209 g/mol. The number of allylic oxidation sites excluding steroid dienone is 1. The largest absolute Gasteiger partial charge is 0.336 e. The van der Waals surface area contributed by atoms with Gasteiger partial charge in [0.15, 0.2) is 0 Å². The average molecular weight is 209 g/mol. The number of halogens is 1. The molecule has 3 heteroatoms. The summed E-state index contributed by atoms with van der Waals surface area (Å²) in [4.78, 5) is 2.92. The van der Waals surface area contributed by atoms with Gasteiger partial charge in [0.2, 0.25) is 0 Å². The highest BCUT2D eigenvalue weighted by molar-refractivity contribution is 8.03. The van der Waals surface area contributed by atoms with Gasteiger partial charge in [-0.15, -0.1) is 0 Å². The van der Waals surface area contributed by atoms with Gasteiger partial charge >= 0.3 is 0 Å². The predicted octanol–water partition coefficient (Wildman–Crippen LogP) is 3.62. The Morgan fingerprint density at radius 2 is 2.07 bits per heavy atom. The van der Waals surface area contributed by atoms with Crippen molar-refractivity contribution in [1.82, 2.24) is 0 Å². The van der Waals surface area contributed by atoms with Crippen LogP contribution in [0.3, 0.4) is 0 Å². The first-order valence-electron chi connectivity index (χ1n) is 4.49. The van der Waals surface area contributed by atoms with Gasteiger partial charge in [0.25, 0.3) is 0 Å². The first-order valence-corrected chi connectivity index (χ1v) is 5.30. The van der Waals surface area contributed by atoms with E-state index >= 15 is 0 Å². The second kappa shape index (κ2) is 3.31. The Bertz CT molecular complexity index is 408. The summed E-state index contributed by atoms with van der Waals surface area (Å²) in [5.41, 5.74) is 1.92. The standard InChI is InChI=1S/C11H12FNS/c1-7(2)11-13(3)10-8(12)5-4-6-9(10)14-11/h4-6H,1-3H3. The van der Waals surface area contributed by atoms with Crippen LogP contribution in [-0.2, 0) is 0 Å². The first-order chi connectivity index (χ1) is 6.61. The Kier molecular flexibility index (Phi) is 2.27. The van der Waals surface area contributed by atoms with Crippen molar-refractivity contribution in [2.75, 3.05) is 11.9 Å². The third kappa shape index (κ3) is 1.32. The maximum absolute atomic E-state index is 13.5. The lowest BCUT2D eigenvalue weighted by molar-refractivity contribution is 0.624. The van der Waals surface area contributed by atoms with E-state index < -0.39 is 0 Å². The van der Waals surface area contributed by atoms with Crippen LogP contribution in [0.4, 0.5) is 10.1 Å². The SMILES string of the molecule is CC(C)=C1Sc2cccc(F)c2N1C. The van der Waals surface area contributed by atoms with Crippen molar-refractivity contribution < 1.29 is 4.39 Å². The molecule has 0 saturated heterocycles. The summed E-state index contributed by atoms with van der Waals surface area (Å²) in [6.45, 7) is 4.09. The van der Waals surface area contributed by atoms with Crippen LogP contribution >= 0.6 is 11.8 Å². The first kappa shape index (κ1) is 9.59. The van der Waals surface area contributed by atoms with Gasteiger partial charge in [0.1, 0.15) is 5.82 Å². The Morgan fingerprint density at radius 1 is 1.36 bits per heavy atom. The fourth-order valence-corrected chi connectivity index (χ4v) is 2.73. The van der Waals surface area contributed by atoms with Crippen LogP contribution in [0.25, 0.3) is 0 Å². The normalized spacial score (nSPS) is 14.6. The Balaban J connectivity index is 2.57. The summed E-state index contributed by atoms with van der Waals surface area (Å²) in [7, 11) is 1.91. The second-order valence-corrected chi connectivity index (χ2v) is 4.58. The van der Waals surface area contributed by atoms with E-state index in [2.05, 4.69) is 0 Å². The number of hydrogen-bond acceptors (Lipinski definition) is 2. The summed E-state index contributed by atoms with van der Waals surface area (Å²) < 4.78 is 13.5. The number of para-hydroxylation sites is 1. The summed E-state index contributed by atoms with van der Waals surface area (Å²) >= 11 is 1.63. The summed E-state index contributed by atoms with van der Waals surface area (Å²) in [6.07, 6.45) is 0. The highest BCUT2D eigenvalue weighted by atomic mass is 32.2. The molecule has 2 rings (SSSR count). The lowest BCUT2D eigenvalue weighted by Gasteiger charge is -2.15. The smallest absolute Gasteiger partial charge is 0.148 e. The minimum atomic E-state index is -0.145. The van der Waals surface area contributed by atoms with E-state index in [9.17, 15) is 4.39 Å². The molecular weight excluding hydrogens is 197 g/mol. The molecule has 0 aliphatic carbocycles. The summed E-state index contributed by atoms with van der Waals surface area (Å²) in [5.74, 6) is -0.145. The number of rotatable bonds is 0. The lowest BCUT2D eigenvalue weighted by atomic mass is 10.3. The van der Waals surface area contributed by atoms with E-state index in [0.29, 0.717) is 5.69 Å². The molecule has 1 aliphatic rings. The predicted molar refractivity (Wildman–Crippen MR) is 59.0 cm³/mol. The van der Waals surface area contributed by atoms with Crippen LogP contribution in [-0.4, -0.2) is 7.05 Å². The average Bonchev–Trinajstić information content (AvgIpc) is 2.45. The number of thioether (sulfide) groups is 1. The summed E-state index contributed by atoms with van der Waals surface area (Å²) in [6, 6.07) is 5.21. The van der Waals surface area contributed by atoms with Gasteiger partial charge in [-0.05, 0) is 31.6 Å². The Hall–Kier alpha value is -0.960. The van der Waals surface area contributed by atoms with Crippen molar-refractivity contribution in [3.05, 3.63) is 34.6 Å². The van der Waals surface area contributed by atoms with Gasteiger partial charge in [-0.3, -0.25) is 0 Å². The third-order valence-corrected chi connectivity index (χ3v) is 3.65. The Morgan fingerprint density at radius 3 is 2.64 bits per heavy atom. The molecule has 1 nitrogen and oxygen atoms in total. The minimum absolute atomic E-state index is 0.145. The van der Waals surface area contributed by atoms with Gasteiger partial charge < -0.3 is 4.90 Å². The number of anilines is 1. The lowest BCUT2D eigenvalue weighted by Crippen LogP contribution is -2.12. The van der Waals surface area contributed by atoms with E-state index in [1.807, 2.05) is 31.9 Å². The molecule has 1 aromatic rings. The molecule has 0 atom stereocenters. The molecule has 0 amide bonds. The molecule has 0 radical (unpaired) electrons. The minimum Gasteiger partial charge on any atom is -0.336 e. The molecule has 14 heavy (non-hydrogen) atoms. The van der Waals surface area contributed by atoms with E-state index in [4.69, 9.17) is 0 Å². The topological polar surface area (TPSA) is 3.24 Å². The highest BCUT2D eigenvalue weighted by Crippen LogP contribution is 2.47.